The molecule has 4 nitrogen and oxygen atoms in total. The molecule has 2 fully saturated rings. The Hall–Kier alpha value is -1.52. The first kappa shape index (κ1) is 17.9. The highest BCUT2D eigenvalue weighted by molar-refractivity contribution is 5.93. The third-order valence-electron chi connectivity index (χ3n) is 7.41. The highest BCUT2D eigenvalue weighted by atomic mass is 35.5. The van der Waals surface area contributed by atoms with E-state index in [2.05, 4.69) is 41.4 Å². The van der Waals surface area contributed by atoms with Crippen molar-refractivity contribution < 1.29 is 9.53 Å². The largest absolute Gasteiger partial charge is 0.466 e. The van der Waals surface area contributed by atoms with Crippen molar-refractivity contribution in [1.82, 2.24) is 4.90 Å². The second-order valence-corrected chi connectivity index (χ2v) is 8.17. The normalized spacial score (nSPS) is 34.3. The first-order valence-corrected chi connectivity index (χ1v) is 9.59. The van der Waals surface area contributed by atoms with Crippen LogP contribution in [0.15, 0.2) is 35.5 Å². The summed E-state index contributed by atoms with van der Waals surface area (Å²) in [5.41, 5.74) is 4.71. The molecule has 1 aromatic rings. The third-order valence-corrected chi connectivity index (χ3v) is 7.41. The fraction of sp³-hybridized carbons (Fsp3) is 0.571. The molecule has 1 aromatic carbocycles. The fourth-order valence-electron chi connectivity index (χ4n) is 6.49. The van der Waals surface area contributed by atoms with Crippen LogP contribution in [0.5, 0.6) is 0 Å². The molecule has 1 N–H and O–H groups in total. The summed E-state index contributed by atoms with van der Waals surface area (Å²) < 4.78 is 5.22. The maximum absolute atomic E-state index is 12.7. The Labute approximate surface area is 161 Å². The van der Waals surface area contributed by atoms with Gasteiger partial charge in [0.1, 0.15) is 0 Å². The Balaban J connectivity index is 0.00000168. The van der Waals surface area contributed by atoms with Crippen LogP contribution < -0.4 is 5.32 Å². The molecular formula is C21H27ClN2O2. The Morgan fingerprint density at radius 1 is 1.31 bits per heavy atom. The van der Waals surface area contributed by atoms with E-state index in [9.17, 15) is 4.79 Å². The maximum atomic E-state index is 12.7. The number of piperidine rings is 1. The zero-order chi connectivity index (χ0) is 17.2. The lowest BCUT2D eigenvalue weighted by Gasteiger charge is -2.56. The summed E-state index contributed by atoms with van der Waals surface area (Å²) in [5, 5.41) is 3.65. The minimum atomic E-state index is -0.148. The van der Waals surface area contributed by atoms with E-state index < -0.39 is 0 Å². The van der Waals surface area contributed by atoms with Crippen LogP contribution in [0.25, 0.3) is 0 Å². The summed E-state index contributed by atoms with van der Waals surface area (Å²) >= 11 is 0. The van der Waals surface area contributed by atoms with Crippen LogP contribution in [0.1, 0.15) is 44.6 Å². The van der Waals surface area contributed by atoms with Crippen LogP contribution >= 0.6 is 12.4 Å². The molecule has 140 valence electrons. The average Bonchev–Trinajstić information content (AvgIpc) is 3.21. The number of esters is 1. The van der Waals surface area contributed by atoms with E-state index in [1.54, 1.807) is 0 Å². The fourth-order valence-corrected chi connectivity index (χ4v) is 6.49. The molecule has 1 aliphatic carbocycles. The number of hydrogen-bond donors (Lipinski definition) is 1. The summed E-state index contributed by atoms with van der Waals surface area (Å²) in [6.45, 7) is 4.63. The number of fused-ring (bicyclic) bond motifs is 1. The zero-order valence-corrected chi connectivity index (χ0v) is 16.3. The van der Waals surface area contributed by atoms with Crippen molar-refractivity contribution >= 4 is 24.1 Å². The van der Waals surface area contributed by atoms with Gasteiger partial charge in [0.15, 0.2) is 0 Å². The van der Waals surface area contributed by atoms with Crippen LogP contribution in [0.3, 0.4) is 0 Å². The molecule has 0 unspecified atom stereocenters. The van der Waals surface area contributed by atoms with Crippen LogP contribution in [0.4, 0.5) is 5.69 Å². The Kier molecular flexibility index (Phi) is 4.12. The Bertz CT molecular complexity index is 792. The molecule has 5 rings (SSSR count). The molecule has 3 heterocycles. The van der Waals surface area contributed by atoms with Crippen molar-refractivity contribution in [3.63, 3.8) is 0 Å². The smallest absolute Gasteiger partial charge is 0.335 e. The number of halogens is 1. The van der Waals surface area contributed by atoms with E-state index >= 15 is 0 Å². The Morgan fingerprint density at radius 3 is 2.88 bits per heavy atom. The highest BCUT2D eigenvalue weighted by Crippen LogP contribution is 2.65. The number of carbonyl (C=O) groups excluding carboxylic acids is 1. The first-order valence-electron chi connectivity index (χ1n) is 9.59. The van der Waals surface area contributed by atoms with Crippen molar-refractivity contribution in [3.8, 4) is 0 Å². The van der Waals surface area contributed by atoms with E-state index in [1.807, 2.05) is 0 Å². The standard InChI is InChI=1S/C21H26N2O2.ClH/c1-3-20-9-6-11-23-12-10-21(19(20)23)15-7-4-5-8-16(15)22-17(21)14(13-20)18(24)25-2;/h4-5,7-8,19,22H,3,6,9-13H2,1-2H3;1H/t19-,20-,21+;/m0./s1. The predicted molar refractivity (Wildman–Crippen MR) is 105 cm³/mol. The van der Waals surface area contributed by atoms with Crippen molar-refractivity contribution in [1.29, 1.82) is 0 Å². The molecule has 0 bridgehead atoms. The second kappa shape index (κ2) is 6.00. The van der Waals surface area contributed by atoms with E-state index in [4.69, 9.17) is 4.74 Å². The van der Waals surface area contributed by atoms with E-state index in [-0.39, 0.29) is 29.2 Å². The molecule has 0 aromatic heterocycles. The molecule has 4 aliphatic rings. The second-order valence-electron chi connectivity index (χ2n) is 8.17. The van der Waals surface area contributed by atoms with E-state index in [0.29, 0.717) is 6.04 Å². The summed E-state index contributed by atoms with van der Waals surface area (Å²) in [7, 11) is 1.51. The maximum Gasteiger partial charge on any atom is 0.335 e. The van der Waals surface area contributed by atoms with Gasteiger partial charge in [-0.25, -0.2) is 4.79 Å². The van der Waals surface area contributed by atoms with Crippen molar-refractivity contribution in [2.45, 2.75) is 50.5 Å². The van der Waals surface area contributed by atoms with Gasteiger partial charge in [-0.1, -0.05) is 25.1 Å². The lowest BCUT2D eigenvalue weighted by Crippen LogP contribution is -2.59. The summed E-state index contributed by atoms with van der Waals surface area (Å²) in [6.07, 6.45) is 5.50. The van der Waals surface area contributed by atoms with Gasteiger partial charge in [-0.2, -0.15) is 0 Å². The number of nitrogens with one attached hydrogen (secondary N) is 1. The lowest BCUT2D eigenvalue weighted by atomic mass is 9.53. The molecule has 26 heavy (non-hydrogen) atoms. The van der Waals surface area contributed by atoms with E-state index in [0.717, 1.165) is 37.1 Å². The molecule has 3 atom stereocenters. The summed E-state index contributed by atoms with van der Waals surface area (Å²) in [4.78, 5) is 15.4. The third kappa shape index (κ3) is 1.97. The number of methoxy groups -OCH3 is 1. The molecular weight excluding hydrogens is 348 g/mol. The number of rotatable bonds is 2. The molecule has 3 aliphatic heterocycles. The molecule has 5 heteroatoms. The number of hydrogen-bond acceptors (Lipinski definition) is 4. The van der Waals surface area contributed by atoms with Gasteiger partial charge in [0.05, 0.1) is 18.1 Å². The predicted octanol–water partition coefficient (Wildman–Crippen LogP) is 3.87. The van der Waals surface area contributed by atoms with Gasteiger partial charge in [-0.3, -0.25) is 4.90 Å². The van der Waals surface area contributed by atoms with Gasteiger partial charge < -0.3 is 10.1 Å². The zero-order valence-electron chi connectivity index (χ0n) is 15.5. The molecule has 0 saturated carbocycles. The number of ether oxygens (including phenoxy) is 1. The number of nitrogens with zero attached hydrogens (tertiary/aromatic N) is 1. The van der Waals surface area contributed by atoms with Crippen LogP contribution in [-0.2, 0) is 14.9 Å². The monoisotopic (exact) mass is 374 g/mol. The Morgan fingerprint density at radius 2 is 2.12 bits per heavy atom. The number of benzene rings is 1. The van der Waals surface area contributed by atoms with Gasteiger partial charge in [0, 0.05) is 17.4 Å². The van der Waals surface area contributed by atoms with Crippen molar-refractivity contribution in [2.24, 2.45) is 5.41 Å². The van der Waals surface area contributed by atoms with Gasteiger partial charge in [0.25, 0.3) is 0 Å². The number of carbonyl (C=O) groups is 1. The van der Waals surface area contributed by atoms with E-state index in [1.165, 1.54) is 37.7 Å². The molecule has 2 saturated heterocycles. The van der Waals surface area contributed by atoms with Gasteiger partial charge in [0.2, 0.25) is 0 Å². The quantitative estimate of drug-likeness (QED) is 0.798. The van der Waals surface area contributed by atoms with Gasteiger partial charge in [-0.15, -0.1) is 12.4 Å². The molecule has 0 radical (unpaired) electrons. The van der Waals surface area contributed by atoms with Crippen LogP contribution in [0, 0.1) is 5.41 Å². The number of anilines is 1. The van der Waals surface area contributed by atoms with Crippen molar-refractivity contribution in [2.75, 3.05) is 25.5 Å². The van der Waals surface area contributed by atoms with Gasteiger partial charge >= 0.3 is 5.97 Å². The number of para-hydroxylation sites is 1. The minimum Gasteiger partial charge on any atom is -0.466 e. The van der Waals surface area contributed by atoms with Gasteiger partial charge in [-0.05, 0) is 62.2 Å². The molecule has 1 spiro atoms. The molecule has 0 amide bonds. The average molecular weight is 375 g/mol. The van der Waals surface area contributed by atoms with Crippen LogP contribution in [0.2, 0.25) is 0 Å². The first-order chi connectivity index (χ1) is 12.2. The SMILES string of the molecule is CC[C@]12CCCN3CC[C@@]4(C(=C(C(=O)OC)C1)Nc1ccccc14)[C@@H]32.Cl. The van der Waals surface area contributed by atoms with Crippen molar-refractivity contribution in [3.05, 3.63) is 41.1 Å². The highest BCUT2D eigenvalue weighted by Gasteiger charge is 2.65. The van der Waals surface area contributed by atoms with Crippen LogP contribution in [-0.4, -0.2) is 37.1 Å². The summed E-state index contributed by atoms with van der Waals surface area (Å²) in [6, 6.07) is 9.15. The topological polar surface area (TPSA) is 41.6 Å². The summed E-state index contributed by atoms with van der Waals surface area (Å²) in [5.74, 6) is -0.148. The lowest BCUT2D eigenvalue weighted by molar-refractivity contribution is -0.137. The minimum absolute atomic E-state index is 0.